The minimum Gasteiger partial charge on any atom is -0.382 e. The van der Waals surface area contributed by atoms with E-state index in [1.54, 1.807) is 13.3 Å². The molecule has 1 rings (SSSR count). The quantitative estimate of drug-likeness (QED) is 0.241. The van der Waals surface area contributed by atoms with Crippen molar-refractivity contribution in [2.45, 2.75) is 19.9 Å². The third kappa shape index (κ3) is 10.8. The molecular weight excluding hydrogens is 397 g/mol. The Labute approximate surface area is 149 Å². The lowest BCUT2D eigenvalue weighted by Crippen LogP contribution is -2.39. The van der Waals surface area contributed by atoms with Gasteiger partial charge in [0.1, 0.15) is 0 Å². The number of nitrogens with zero attached hydrogens (tertiary/aromatic N) is 3. The standard InChI is InChI=1S/C14H27N5O2.HI/c1-3-15-14(16-6-5-11-21-13-12-20-2)17-8-10-19-9-4-7-18-19;/h4,7,9H,3,5-6,8,10-13H2,1-2H3,(H2,15,16,17);1H. The molecule has 0 saturated carbocycles. The smallest absolute Gasteiger partial charge is 0.191 e. The first-order valence-electron chi connectivity index (χ1n) is 7.43. The van der Waals surface area contributed by atoms with Crippen LogP contribution >= 0.6 is 24.0 Å². The van der Waals surface area contributed by atoms with Crippen LogP contribution < -0.4 is 10.6 Å². The van der Waals surface area contributed by atoms with Crippen molar-refractivity contribution in [3.63, 3.8) is 0 Å². The molecule has 0 aliphatic carbocycles. The lowest BCUT2D eigenvalue weighted by atomic mass is 10.4. The average molecular weight is 425 g/mol. The fraction of sp³-hybridized carbons (Fsp3) is 0.714. The Morgan fingerprint density at radius 2 is 2.14 bits per heavy atom. The maximum absolute atomic E-state index is 5.40. The Bertz CT molecular complexity index is 373. The summed E-state index contributed by atoms with van der Waals surface area (Å²) in [7, 11) is 1.67. The fourth-order valence-electron chi connectivity index (χ4n) is 1.67. The molecule has 0 aromatic carbocycles. The zero-order valence-electron chi connectivity index (χ0n) is 13.5. The molecule has 8 heteroatoms. The number of nitrogens with one attached hydrogen (secondary N) is 2. The van der Waals surface area contributed by atoms with Crippen molar-refractivity contribution in [2.24, 2.45) is 4.99 Å². The molecule has 0 radical (unpaired) electrons. The van der Waals surface area contributed by atoms with Crippen molar-refractivity contribution in [1.82, 2.24) is 20.4 Å². The van der Waals surface area contributed by atoms with Gasteiger partial charge in [0.15, 0.2) is 5.96 Å². The number of methoxy groups -OCH3 is 1. The molecule has 7 nitrogen and oxygen atoms in total. The van der Waals surface area contributed by atoms with E-state index in [0.717, 1.165) is 38.6 Å². The molecule has 1 aromatic heterocycles. The summed E-state index contributed by atoms with van der Waals surface area (Å²) in [6, 6.07) is 1.92. The van der Waals surface area contributed by atoms with Crippen LogP contribution in [0.5, 0.6) is 0 Å². The summed E-state index contributed by atoms with van der Waals surface area (Å²) < 4.78 is 12.2. The summed E-state index contributed by atoms with van der Waals surface area (Å²) in [6.45, 7) is 7.23. The van der Waals surface area contributed by atoms with Gasteiger partial charge in [-0.2, -0.15) is 5.10 Å². The second-order valence-electron chi connectivity index (χ2n) is 4.42. The summed E-state index contributed by atoms with van der Waals surface area (Å²) in [6.07, 6.45) is 4.63. The van der Waals surface area contributed by atoms with E-state index >= 15 is 0 Å². The van der Waals surface area contributed by atoms with Crippen LogP contribution in [0.2, 0.25) is 0 Å². The highest BCUT2D eigenvalue weighted by molar-refractivity contribution is 14.0. The van der Waals surface area contributed by atoms with Crippen molar-refractivity contribution in [3.05, 3.63) is 18.5 Å². The molecule has 0 bridgehead atoms. The highest BCUT2D eigenvalue weighted by Gasteiger charge is 1.97. The van der Waals surface area contributed by atoms with Crippen LogP contribution in [0.25, 0.3) is 0 Å². The van der Waals surface area contributed by atoms with E-state index in [1.807, 2.05) is 16.9 Å². The van der Waals surface area contributed by atoms with Gasteiger partial charge in [-0.05, 0) is 19.4 Å². The lowest BCUT2D eigenvalue weighted by Gasteiger charge is -2.11. The Morgan fingerprint density at radius 3 is 2.82 bits per heavy atom. The van der Waals surface area contributed by atoms with Crippen molar-refractivity contribution in [3.8, 4) is 0 Å². The number of hydrogen-bond acceptors (Lipinski definition) is 4. The zero-order chi connectivity index (χ0) is 15.2. The van der Waals surface area contributed by atoms with Crippen LogP contribution in [0.4, 0.5) is 0 Å². The van der Waals surface area contributed by atoms with Gasteiger partial charge >= 0.3 is 0 Å². The van der Waals surface area contributed by atoms with Gasteiger partial charge < -0.3 is 20.1 Å². The van der Waals surface area contributed by atoms with Gasteiger partial charge in [0.2, 0.25) is 0 Å². The molecule has 0 spiro atoms. The largest absolute Gasteiger partial charge is 0.382 e. The molecular formula is C14H28IN5O2. The number of hydrogen-bond donors (Lipinski definition) is 2. The minimum absolute atomic E-state index is 0. The third-order valence-corrected chi connectivity index (χ3v) is 2.69. The summed E-state index contributed by atoms with van der Waals surface area (Å²) >= 11 is 0. The number of aromatic nitrogens is 2. The highest BCUT2D eigenvalue weighted by Crippen LogP contribution is 1.86. The number of guanidine groups is 1. The van der Waals surface area contributed by atoms with Crippen LogP contribution in [0.1, 0.15) is 13.3 Å². The van der Waals surface area contributed by atoms with Gasteiger partial charge in [-0.15, -0.1) is 24.0 Å². The zero-order valence-corrected chi connectivity index (χ0v) is 15.8. The maximum atomic E-state index is 5.40. The molecule has 128 valence electrons. The Balaban J connectivity index is 0.00000441. The molecule has 0 atom stereocenters. The van der Waals surface area contributed by atoms with Crippen molar-refractivity contribution in [2.75, 3.05) is 46.6 Å². The normalized spacial score (nSPS) is 11.1. The van der Waals surface area contributed by atoms with Crippen LogP contribution in [0.15, 0.2) is 23.5 Å². The molecule has 1 aromatic rings. The molecule has 0 saturated heterocycles. The molecule has 0 unspecified atom stereocenters. The first-order chi connectivity index (χ1) is 10.4. The average Bonchev–Trinajstić information content (AvgIpc) is 2.99. The SMILES string of the molecule is CCNC(=NCCCOCCOC)NCCn1cccn1.I. The molecule has 0 fully saturated rings. The van der Waals surface area contributed by atoms with Gasteiger partial charge in [-0.1, -0.05) is 0 Å². The topological polar surface area (TPSA) is 72.7 Å². The monoisotopic (exact) mass is 425 g/mol. The second-order valence-corrected chi connectivity index (χ2v) is 4.42. The lowest BCUT2D eigenvalue weighted by molar-refractivity contribution is 0.0702. The summed E-state index contributed by atoms with van der Waals surface area (Å²) in [5, 5.41) is 10.7. The van der Waals surface area contributed by atoms with Gasteiger partial charge in [0.25, 0.3) is 0 Å². The number of halogens is 1. The van der Waals surface area contributed by atoms with Crippen LogP contribution in [-0.2, 0) is 16.0 Å². The summed E-state index contributed by atoms with van der Waals surface area (Å²) in [4.78, 5) is 4.50. The number of ether oxygens (including phenoxy) is 2. The summed E-state index contributed by atoms with van der Waals surface area (Å²) in [5.41, 5.74) is 0. The number of rotatable bonds is 11. The molecule has 0 amide bonds. The third-order valence-electron chi connectivity index (χ3n) is 2.69. The van der Waals surface area contributed by atoms with Gasteiger partial charge in [0, 0.05) is 45.7 Å². The van der Waals surface area contributed by atoms with Gasteiger partial charge in [-0.3, -0.25) is 9.67 Å². The van der Waals surface area contributed by atoms with Crippen molar-refractivity contribution >= 4 is 29.9 Å². The van der Waals surface area contributed by atoms with E-state index in [-0.39, 0.29) is 24.0 Å². The van der Waals surface area contributed by atoms with E-state index in [0.29, 0.717) is 19.8 Å². The van der Waals surface area contributed by atoms with E-state index < -0.39 is 0 Å². The molecule has 2 N–H and O–H groups in total. The molecule has 0 aliphatic heterocycles. The van der Waals surface area contributed by atoms with Crippen molar-refractivity contribution in [1.29, 1.82) is 0 Å². The molecule has 22 heavy (non-hydrogen) atoms. The van der Waals surface area contributed by atoms with E-state index in [9.17, 15) is 0 Å². The minimum atomic E-state index is 0. The van der Waals surface area contributed by atoms with Crippen molar-refractivity contribution < 1.29 is 9.47 Å². The molecule has 0 aliphatic rings. The van der Waals surface area contributed by atoms with Gasteiger partial charge in [-0.25, -0.2) is 0 Å². The highest BCUT2D eigenvalue weighted by atomic mass is 127. The van der Waals surface area contributed by atoms with E-state index in [2.05, 4.69) is 27.6 Å². The first kappa shape index (κ1) is 21.1. The Kier molecular flexibility index (Phi) is 14.4. The second kappa shape index (κ2) is 15.0. The fourth-order valence-corrected chi connectivity index (χ4v) is 1.67. The van der Waals surface area contributed by atoms with Gasteiger partial charge in [0.05, 0.1) is 19.8 Å². The maximum Gasteiger partial charge on any atom is 0.191 e. The van der Waals surface area contributed by atoms with Crippen LogP contribution in [-0.4, -0.2) is 62.3 Å². The predicted molar refractivity (Wildman–Crippen MR) is 98.9 cm³/mol. The number of aliphatic imine (C=N–C) groups is 1. The van der Waals surface area contributed by atoms with Crippen LogP contribution in [0, 0.1) is 0 Å². The first-order valence-corrected chi connectivity index (χ1v) is 7.43. The molecule has 1 heterocycles. The van der Waals surface area contributed by atoms with Crippen LogP contribution in [0.3, 0.4) is 0 Å². The Hall–Kier alpha value is -0.870. The van der Waals surface area contributed by atoms with E-state index in [1.165, 1.54) is 0 Å². The summed E-state index contributed by atoms with van der Waals surface area (Å²) in [5.74, 6) is 0.835. The predicted octanol–water partition coefficient (Wildman–Crippen LogP) is 1.11. The Morgan fingerprint density at radius 1 is 1.27 bits per heavy atom. The van der Waals surface area contributed by atoms with E-state index in [4.69, 9.17) is 9.47 Å².